The number of fused-ring (bicyclic) bond motifs is 1. The van der Waals surface area contributed by atoms with Crippen LogP contribution in [-0.2, 0) is 0 Å². The number of imidazole rings is 1. The van der Waals surface area contributed by atoms with Crippen LogP contribution in [-0.4, -0.2) is 20.9 Å². The Bertz CT molecular complexity index is 1780. The van der Waals surface area contributed by atoms with Crippen molar-refractivity contribution in [2.75, 3.05) is 0 Å². The third kappa shape index (κ3) is 5.18. The molecule has 6 rings (SSSR count). The number of rotatable bonds is 6. The van der Waals surface area contributed by atoms with Gasteiger partial charge in [-0.15, -0.1) is 0 Å². The predicted molar refractivity (Wildman–Crippen MR) is 152 cm³/mol. The third-order valence-corrected chi connectivity index (χ3v) is 6.78. The van der Waals surface area contributed by atoms with Gasteiger partial charge in [0.15, 0.2) is 5.82 Å². The molecule has 1 atom stereocenters. The van der Waals surface area contributed by atoms with Gasteiger partial charge < -0.3 is 10.3 Å². The van der Waals surface area contributed by atoms with Crippen LogP contribution in [0.5, 0.6) is 0 Å². The molecule has 0 spiro atoms. The van der Waals surface area contributed by atoms with Crippen LogP contribution in [0, 0.1) is 5.82 Å². The van der Waals surface area contributed by atoms with Crippen LogP contribution < -0.4 is 5.32 Å². The molecule has 4 aromatic carbocycles. The van der Waals surface area contributed by atoms with Gasteiger partial charge in [0.05, 0.1) is 17.9 Å². The second kappa shape index (κ2) is 10.3. The minimum Gasteiger partial charge on any atom is -0.346 e. The zero-order chi connectivity index (χ0) is 26.8. The van der Waals surface area contributed by atoms with E-state index in [4.69, 9.17) is 0 Å². The molecule has 6 aromatic rings. The molecule has 6 heteroatoms. The van der Waals surface area contributed by atoms with Gasteiger partial charge in [-0.25, -0.2) is 9.37 Å². The number of carbonyl (C=O) groups excluding carboxylic acids is 1. The number of hydrogen-bond acceptors (Lipinski definition) is 3. The first kappa shape index (κ1) is 24.2. The average molecular weight is 513 g/mol. The van der Waals surface area contributed by atoms with Crippen molar-refractivity contribution in [1.82, 2.24) is 20.3 Å². The second-order valence-electron chi connectivity index (χ2n) is 9.47. The van der Waals surface area contributed by atoms with Crippen molar-refractivity contribution < 1.29 is 9.18 Å². The van der Waals surface area contributed by atoms with E-state index in [0.717, 1.165) is 44.4 Å². The molecule has 1 amide bonds. The molecule has 39 heavy (non-hydrogen) atoms. The normalized spacial score (nSPS) is 11.8. The monoisotopic (exact) mass is 512 g/mol. The Morgan fingerprint density at radius 3 is 2.28 bits per heavy atom. The van der Waals surface area contributed by atoms with Crippen LogP contribution in [0.15, 0.2) is 116 Å². The zero-order valence-corrected chi connectivity index (χ0v) is 21.2. The molecule has 5 nitrogen and oxygen atoms in total. The van der Waals surface area contributed by atoms with Crippen LogP contribution in [0.2, 0.25) is 0 Å². The van der Waals surface area contributed by atoms with Crippen molar-refractivity contribution in [2.24, 2.45) is 0 Å². The molecule has 0 radical (unpaired) electrons. The lowest BCUT2D eigenvalue weighted by Gasteiger charge is -2.16. The number of aromatic amines is 1. The third-order valence-electron chi connectivity index (χ3n) is 6.78. The molecule has 0 fully saturated rings. The number of amides is 1. The van der Waals surface area contributed by atoms with E-state index in [1.54, 1.807) is 18.3 Å². The summed E-state index contributed by atoms with van der Waals surface area (Å²) >= 11 is 0. The Morgan fingerprint density at radius 1 is 0.769 bits per heavy atom. The number of hydrogen-bond donors (Lipinski definition) is 2. The lowest BCUT2D eigenvalue weighted by molar-refractivity contribution is 0.0940. The maximum absolute atomic E-state index is 13.4. The van der Waals surface area contributed by atoms with Crippen molar-refractivity contribution in [3.63, 3.8) is 0 Å². The Balaban J connectivity index is 1.35. The van der Waals surface area contributed by atoms with Gasteiger partial charge in [-0.05, 0) is 65.4 Å². The first-order valence-corrected chi connectivity index (χ1v) is 12.7. The van der Waals surface area contributed by atoms with Gasteiger partial charge in [0.1, 0.15) is 11.5 Å². The van der Waals surface area contributed by atoms with Crippen LogP contribution in [0.25, 0.3) is 44.7 Å². The highest BCUT2D eigenvalue weighted by atomic mass is 19.1. The van der Waals surface area contributed by atoms with Crippen LogP contribution in [0.3, 0.4) is 0 Å². The van der Waals surface area contributed by atoms with E-state index in [-0.39, 0.29) is 17.8 Å². The number of H-pyrrole nitrogens is 1. The molecule has 190 valence electrons. The number of halogens is 1. The van der Waals surface area contributed by atoms with Gasteiger partial charge in [0.2, 0.25) is 0 Å². The van der Waals surface area contributed by atoms with Crippen molar-refractivity contribution >= 4 is 16.7 Å². The van der Waals surface area contributed by atoms with E-state index in [2.05, 4.69) is 20.3 Å². The lowest BCUT2D eigenvalue weighted by Crippen LogP contribution is -2.26. The summed E-state index contributed by atoms with van der Waals surface area (Å²) in [4.78, 5) is 26.0. The molecular formula is C33H25FN4O. The highest BCUT2D eigenvalue weighted by Crippen LogP contribution is 2.30. The van der Waals surface area contributed by atoms with E-state index in [1.165, 1.54) is 12.1 Å². The number of nitrogens with one attached hydrogen (secondary N) is 2. The minimum atomic E-state index is -0.310. The van der Waals surface area contributed by atoms with Gasteiger partial charge in [-0.3, -0.25) is 9.78 Å². The van der Waals surface area contributed by atoms with E-state index in [0.29, 0.717) is 11.4 Å². The molecule has 0 saturated carbocycles. The van der Waals surface area contributed by atoms with Crippen molar-refractivity contribution in [1.29, 1.82) is 0 Å². The number of nitrogens with zero attached hydrogens (tertiary/aromatic N) is 2. The zero-order valence-electron chi connectivity index (χ0n) is 21.2. The fraction of sp³-hybridized carbons (Fsp3) is 0.0606. The smallest absolute Gasteiger partial charge is 0.251 e. The summed E-state index contributed by atoms with van der Waals surface area (Å²) in [5.41, 5.74) is 5.59. The number of carbonyl (C=O) groups is 1. The van der Waals surface area contributed by atoms with Gasteiger partial charge in [0.25, 0.3) is 5.91 Å². The summed E-state index contributed by atoms with van der Waals surface area (Å²) in [7, 11) is 0. The van der Waals surface area contributed by atoms with Crippen molar-refractivity contribution in [3.05, 3.63) is 132 Å². The first-order chi connectivity index (χ1) is 19.0. The molecule has 2 heterocycles. The molecule has 0 saturated heterocycles. The van der Waals surface area contributed by atoms with Gasteiger partial charge >= 0.3 is 0 Å². The number of aromatic nitrogens is 3. The van der Waals surface area contributed by atoms with E-state index < -0.39 is 0 Å². The minimum absolute atomic E-state index is 0.221. The molecule has 2 N–H and O–H groups in total. The Morgan fingerprint density at radius 2 is 1.49 bits per heavy atom. The first-order valence-electron chi connectivity index (χ1n) is 12.7. The SMILES string of the molecule is CC(NC(=O)c1cc(-c2ccccc2)cc(-c2cnc(-c3cc4ccccc4cn3)[nH]2)c1)c1ccc(F)cc1. The van der Waals surface area contributed by atoms with E-state index in [9.17, 15) is 9.18 Å². The summed E-state index contributed by atoms with van der Waals surface area (Å²) in [5, 5.41) is 5.19. The topological polar surface area (TPSA) is 70.7 Å². The quantitative estimate of drug-likeness (QED) is 0.242. The Hall–Kier alpha value is -5.10. The van der Waals surface area contributed by atoms with Crippen molar-refractivity contribution in [2.45, 2.75) is 13.0 Å². The molecule has 0 aliphatic carbocycles. The molecule has 2 aromatic heterocycles. The Kier molecular flexibility index (Phi) is 6.43. The average Bonchev–Trinajstić information content (AvgIpc) is 3.48. The number of pyridine rings is 1. The van der Waals surface area contributed by atoms with Gasteiger partial charge in [-0.1, -0.05) is 66.7 Å². The molecule has 0 bridgehead atoms. The maximum Gasteiger partial charge on any atom is 0.251 e. The van der Waals surface area contributed by atoms with Crippen LogP contribution >= 0.6 is 0 Å². The Labute approximate surface area is 225 Å². The lowest BCUT2D eigenvalue weighted by atomic mass is 9.98. The largest absolute Gasteiger partial charge is 0.346 e. The van der Waals surface area contributed by atoms with E-state index in [1.807, 2.05) is 92.0 Å². The summed E-state index contributed by atoms with van der Waals surface area (Å²) in [5.74, 6) is 0.119. The van der Waals surface area contributed by atoms with Crippen LogP contribution in [0.4, 0.5) is 4.39 Å². The molecule has 1 unspecified atom stereocenters. The highest BCUT2D eigenvalue weighted by molar-refractivity contribution is 5.97. The maximum atomic E-state index is 13.4. The fourth-order valence-electron chi connectivity index (χ4n) is 4.64. The summed E-state index contributed by atoms with van der Waals surface area (Å²) in [6.07, 6.45) is 3.60. The predicted octanol–water partition coefficient (Wildman–Crippen LogP) is 7.59. The molecular weight excluding hydrogens is 487 g/mol. The van der Waals surface area contributed by atoms with Gasteiger partial charge in [-0.2, -0.15) is 0 Å². The van der Waals surface area contributed by atoms with Gasteiger partial charge in [0, 0.05) is 22.7 Å². The van der Waals surface area contributed by atoms with Crippen molar-refractivity contribution in [3.8, 4) is 33.9 Å². The standard InChI is InChI=1S/C33H25FN4O/c1-21(22-11-13-29(34)14-12-22)37-33(39)28-16-26(23-7-3-2-4-8-23)15-27(17-28)31-20-36-32(38-31)30-18-24-9-5-6-10-25(24)19-35-30/h2-21H,1H3,(H,36,38)(H,37,39). The number of benzene rings is 4. The highest BCUT2D eigenvalue weighted by Gasteiger charge is 2.16. The molecule has 0 aliphatic rings. The fourth-order valence-corrected chi connectivity index (χ4v) is 4.64. The summed E-state index contributed by atoms with van der Waals surface area (Å²) < 4.78 is 13.4. The van der Waals surface area contributed by atoms with E-state index >= 15 is 0 Å². The van der Waals surface area contributed by atoms with Crippen LogP contribution in [0.1, 0.15) is 28.9 Å². The second-order valence-corrected chi connectivity index (χ2v) is 9.47. The summed E-state index contributed by atoms with van der Waals surface area (Å²) in [6.45, 7) is 1.88. The summed E-state index contributed by atoms with van der Waals surface area (Å²) in [6, 6.07) is 31.6. The molecule has 0 aliphatic heterocycles.